The van der Waals surface area contributed by atoms with Crippen molar-refractivity contribution in [3.8, 4) is 0 Å². The maximum atomic E-state index is 2.40. The molecular formula is C13H20. The monoisotopic (exact) mass is 176 g/mol. The van der Waals surface area contributed by atoms with Crippen molar-refractivity contribution in [2.45, 2.75) is 51.9 Å². The molecule has 1 fully saturated rings. The zero-order valence-corrected chi connectivity index (χ0v) is 8.68. The van der Waals surface area contributed by atoms with E-state index in [1.54, 1.807) is 11.1 Å². The highest BCUT2D eigenvalue weighted by Crippen LogP contribution is 2.34. The Kier molecular flexibility index (Phi) is 2.87. The second-order valence-electron chi connectivity index (χ2n) is 4.59. The topological polar surface area (TPSA) is 0 Å². The Morgan fingerprint density at radius 3 is 2.38 bits per heavy atom. The first-order valence-corrected chi connectivity index (χ1v) is 5.72. The minimum atomic E-state index is 0.943. The lowest BCUT2D eigenvalue weighted by atomic mass is 9.80. The first-order chi connectivity index (χ1) is 6.36. The Balaban J connectivity index is 1.99. The quantitative estimate of drug-likeness (QED) is 0.560. The fraction of sp³-hybridized carbons (Fsp3) is 0.692. The first-order valence-electron chi connectivity index (χ1n) is 5.72. The molecule has 0 unspecified atom stereocenters. The van der Waals surface area contributed by atoms with Gasteiger partial charge in [0.25, 0.3) is 0 Å². The van der Waals surface area contributed by atoms with Crippen molar-refractivity contribution in [2.24, 2.45) is 5.92 Å². The summed E-state index contributed by atoms with van der Waals surface area (Å²) in [6.07, 6.45) is 14.7. The minimum Gasteiger partial charge on any atom is -0.0730 e. The summed E-state index contributed by atoms with van der Waals surface area (Å²) in [6, 6.07) is 0. The molecule has 0 saturated heterocycles. The molecule has 0 atom stereocenters. The van der Waals surface area contributed by atoms with Crippen molar-refractivity contribution < 1.29 is 0 Å². The van der Waals surface area contributed by atoms with Gasteiger partial charge in [-0.05, 0) is 38.5 Å². The summed E-state index contributed by atoms with van der Waals surface area (Å²) in [7, 11) is 0. The molecule has 0 bridgehead atoms. The smallest absolute Gasteiger partial charge is 0.0200 e. The molecule has 0 nitrogen and oxygen atoms in total. The highest BCUT2D eigenvalue weighted by atomic mass is 14.2. The second kappa shape index (κ2) is 4.13. The van der Waals surface area contributed by atoms with Gasteiger partial charge in [-0.25, -0.2) is 0 Å². The van der Waals surface area contributed by atoms with Gasteiger partial charge in [-0.2, -0.15) is 0 Å². The van der Waals surface area contributed by atoms with Crippen molar-refractivity contribution in [1.82, 2.24) is 0 Å². The van der Waals surface area contributed by atoms with E-state index in [1.807, 2.05) is 0 Å². The summed E-state index contributed by atoms with van der Waals surface area (Å²) >= 11 is 0. The maximum absolute atomic E-state index is 2.40. The van der Waals surface area contributed by atoms with Crippen LogP contribution in [0.3, 0.4) is 0 Å². The standard InChI is InChI=1S/C13H20/c1-11-7-9-13(10-8-11)12-5-3-2-4-6-12/h7,9,12H,2-6,8,10H2,1H3. The van der Waals surface area contributed by atoms with Gasteiger partial charge in [0, 0.05) is 0 Å². The van der Waals surface area contributed by atoms with Gasteiger partial charge >= 0.3 is 0 Å². The lowest BCUT2D eigenvalue weighted by molar-refractivity contribution is 0.394. The SMILES string of the molecule is CC1=CC=C(C2CCCCC2)CC1. The Morgan fingerprint density at radius 1 is 1.00 bits per heavy atom. The van der Waals surface area contributed by atoms with Crippen LogP contribution in [0.4, 0.5) is 0 Å². The van der Waals surface area contributed by atoms with Crippen LogP contribution in [-0.2, 0) is 0 Å². The van der Waals surface area contributed by atoms with Crippen LogP contribution >= 0.6 is 0 Å². The zero-order chi connectivity index (χ0) is 9.10. The van der Waals surface area contributed by atoms with Crippen LogP contribution in [0, 0.1) is 5.92 Å². The molecule has 0 aromatic rings. The molecular weight excluding hydrogens is 156 g/mol. The molecule has 0 spiro atoms. The van der Waals surface area contributed by atoms with Crippen molar-refractivity contribution in [3.63, 3.8) is 0 Å². The van der Waals surface area contributed by atoms with Gasteiger partial charge in [-0.3, -0.25) is 0 Å². The van der Waals surface area contributed by atoms with Crippen molar-refractivity contribution >= 4 is 0 Å². The first kappa shape index (κ1) is 9.05. The molecule has 0 aromatic carbocycles. The molecule has 13 heavy (non-hydrogen) atoms. The lowest BCUT2D eigenvalue weighted by Crippen LogP contribution is -2.10. The number of hydrogen-bond acceptors (Lipinski definition) is 0. The van der Waals surface area contributed by atoms with Crippen LogP contribution in [0.2, 0.25) is 0 Å². The minimum absolute atomic E-state index is 0.943. The molecule has 0 aliphatic heterocycles. The van der Waals surface area contributed by atoms with Gasteiger partial charge in [0.05, 0.1) is 0 Å². The normalized spacial score (nSPS) is 25.3. The third kappa shape index (κ3) is 2.24. The summed E-state index contributed by atoms with van der Waals surface area (Å²) in [5.74, 6) is 0.943. The van der Waals surface area contributed by atoms with E-state index in [-0.39, 0.29) is 0 Å². The van der Waals surface area contributed by atoms with E-state index in [1.165, 1.54) is 44.9 Å². The van der Waals surface area contributed by atoms with Crippen LogP contribution in [-0.4, -0.2) is 0 Å². The van der Waals surface area contributed by atoms with Gasteiger partial charge in [0.2, 0.25) is 0 Å². The van der Waals surface area contributed by atoms with E-state index >= 15 is 0 Å². The molecule has 0 aromatic heterocycles. The van der Waals surface area contributed by atoms with Crippen LogP contribution in [0.25, 0.3) is 0 Å². The predicted octanol–water partition coefficient (Wildman–Crippen LogP) is 4.23. The average Bonchev–Trinajstić information content (AvgIpc) is 2.20. The number of allylic oxidation sites excluding steroid dienone is 4. The van der Waals surface area contributed by atoms with Gasteiger partial charge in [0.15, 0.2) is 0 Å². The summed E-state index contributed by atoms with van der Waals surface area (Å²) in [4.78, 5) is 0. The van der Waals surface area contributed by atoms with Gasteiger partial charge in [0.1, 0.15) is 0 Å². The Morgan fingerprint density at radius 2 is 1.77 bits per heavy atom. The predicted molar refractivity (Wildman–Crippen MR) is 57.6 cm³/mol. The van der Waals surface area contributed by atoms with E-state index < -0.39 is 0 Å². The molecule has 0 radical (unpaired) electrons. The van der Waals surface area contributed by atoms with Gasteiger partial charge in [-0.1, -0.05) is 42.6 Å². The number of rotatable bonds is 1. The molecule has 0 N–H and O–H groups in total. The summed E-state index contributed by atoms with van der Waals surface area (Å²) in [5.41, 5.74) is 3.30. The van der Waals surface area contributed by atoms with Crippen molar-refractivity contribution in [2.75, 3.05) is 0 Å². The van der Waals surface area contributed by atoms with Crippen molar-refractivity contribution in [3.05, 3.63) is 23.3 Å². The van der Waals surface area contributed by atoms with Crippen LogP contribution < -0.4 is 0 Å². The Labute approximate surface area is 81.7 Å². The molecule has 2 aliphatic carbocycles. The third-order valence-corrected chi connectivity index (χ3v) is 3.52. The van der Waals surface area contributed by atoms with Crippen LogP contribution in [0.5, 0.6) is 0 Å². The van der Waals surface area contributed by atoms with E-state index in [0.717, 1.165) is 5.92 Å². The van der Waals surface area contributed by atoms with Gasteiger partial charge in [-0.15, -0.1) is 0 Å². The van der Waals surface area contributed by atoms with Crippen molar-refractivity contribution in [1.29, 1.82) is 0 Å². The fourth-order valence-corrected chi connectivity index (χ4v) is 2.57. The third-order valence-electron chi connectivity index (χ3n) is 3.52. The Hall–Kier alpha value is -0.520. The molecule has 0 heterocycles. The molecule has 2 rings (SSSR count). The lowest BCUT2D eigenvalue weighted by Gasteiger charge is -2.26. The maximum Gasteiger partial charge on any atom is -0.0200 e. The van der Waals surface area contributed by atoms with E-state index in [4.69, 9.17) is 0 Å². The van der Waals surface area contributed by atoms with E-state index in [0.29, 0.717) is 0 Å². The Bertz CT molecular complexity index is 226. The average molecular weight is 176 g/mol. The second-order valence-corrected chi connectivity index (χ2v) is 4.59. The molecule has 1 saturated carbocycles. The van der Waals surface area contributed by atoms with Crippen LogP contribution in [0.15, 0.2) is 23.3 Å². The fourth-order valence-electron chi connectivity index (χ4n) is 2.57. The highest BCUT2D eigenvalue weighted by Gasteiger charge is 2.18. The van der Waals surface area contributed by atoms with E-state index in [2.05, 4.69) is 19.1 Å². The van der Waals surface area contributed by atoms with E-state index in [9.17, 15) is 0 Å². The summed E-state index contributed by atoms with van der Waals surface area (Å²) in [5, 5.41) is 0. The molecule has 2 aliphatic rings. The largest absolute Gasteiger partial charge is 0.0730 e. The molecule has 0 amide bonds. The molecule has 72 valence electrons. The summed E-state index contributed by atoms with van der Waals surface area (Å²) in [6.45, 7) is 2.24. The van der Waals surface area contributed by atoms with Crippen LogP contribution in [0.1, 0.15) is 51.9 Å². The highest BCUT2D eigenvalue weighted by molar-refractivity contribution is 5.24. The van der Waals surface area contributed by atoms with Gasteiger partial charge < -0.3 is 0 Å². The summed E-state index contributed by atoms with van der Waals surface area (Å²) < 4.78 is 0. The number of hydrogen-bond donors (Lipinski definition) is 0. The zero-order valence-electron chi connectivity index (χ0n) is 8.68. The molecule has 0 heteroatoms.